The SMILES string of the molecule is O=P1(c2ccccc2)c2ccccc2-c2ccc3c(c21)c1ccccc1n3-c1nc(-c2ccccc2)c2ccccc2n1. The summed E-state index contributed by atoms with van der Waals surface area (Å²) < 4.78 is 17.8. The molecule has 0 bridgehead atoms. The number of rotatable bonds is 3. The summed E-state index contributed by atoms with van der Waals surface area (Å²) in [6.45, 7) is 0. The molecular weight excluding hydrogens is 545 g/mol. The summed E-state index contributed by atoms with van der Waals surface area (Å²) in [7, 11) is -3.18. The zero-order chi connectivity index (χ0) is 28.5. The van der Waals surface area contributed by atoms with Gasteiger partial charge in [0.1, 0.15) is 0 Å². The first-order valence-corrected chi connectivity index (χ1v) is 16.1. The molecule has 6 aromatic carbocycles. The van der Waals surface area contributed by atoms with Gasteiger partial charge in [0.05, 0.1) is 22.2 Å². The first kappa shape index (κ1) is 24.3. The van der Waals surface area contributed by atoms with Crippen molar-refractivity contribution in [3.8, 4) is 28.3 Å². The van der Waals surface area contributed by atoms with Crippen LogP contribution in [0.2, 0.25) is 0 Å². The standard InChI is InChI=1S/C38H24N3OP/c42-43(26-15-5-2-6-16-26)34-22-12-9-17-27(34)28-23-24-33-35(37(28)43)30-19-8-11-21-32(30)41(33)38-39-31-20-10-7-18-29(31)36(40-38)25-13-3-1-4-14-25/h1-24H. The van der Waals surface area contributed by atoms with E-state index in [0.717, 1.165) is 71.0 Å². The van der Waals surface area contributed by atoms with E-state index in [9.17, 15) is 0 Å². The zero-order valence-electron chi connectivity index (χ0n) is 23.1. The maximum absolute atomic E-state index is 15.6. The summed E-state index contributed by atoms with van der Waals surface area (Å²) in [5.41, 5.74) is 6.79. The van der Waals surface area contributed by atoms with E-state index in [0.29, 0.717) is 5.95 Å². The minimum Gasteiger partial charge on any atom is -0.309 e. The molecule has 0 spiro atoms. The van der Waals surface area contributed by atoms with Gasteiger partial charge in [-0.3, -0.25) is 4.57 Å². The van der Waals surface area contributed by atoms with Crippen molar-refractivity contribution in [2.75, 3.05) is 0 Å². The Hall–Kier alpha value is -5.31. The van der Waals surface area contributed by atoms with E-state index in [1.807, 2.05) is 91.0 Å². The lowest BCUT2D eigenvalue weighted by molar-refractivity contribution is 0.593. The van der Waals surface area contributed by atoms with Crippen LogP contribution in [-0.2, 0) is 4.57 Å². The van der Waals surface area contributed by atoms with Crippen molar-refractivity contribution in [2.45, 2.75) is 0 Å². The number of hydrogen-bond acceptors (Lipinski definition) is 3. The minimum absolute atomic E-state index is 0.591. The van der Waals surface area contributed by atoms with Crippen LogP contribution in [0.15, 0.2) is 146 Å². The van der Waals surface area contributed by atoms with Crippen LogP contribution in [0.5, 0.6) is 0 Å². The fourth-order valence-electron chi connectivity index (χ4n) is 6.79. The molecule has 0 saturated heterocycles. The summed E-state index contributed by atoms with van der Waals surface area (Å²) in [5, 5.41) is 5.68. The highest BCUT2D eigenvalue weighted by Gasteiger charge is 2.42. The Kier molecular flexibility index (Phi) is 5.14. The second kappa shape index (κ2) is 9.09. The lowest BCUT2D eigenvalue weighted by Gasteiger charge is -2.17. The molecular formula is C38H24N3OP. The van der Waals surface area contributed by atoms with Crippen LogP contribution < -0.4 is 15.9 Å². The lowest BCUT2D eigenvalue weighted by Crippen LogP contribution is -2.21. The Morgan fingerprint density at radius 1 is 0.535 bits per heavy atom. The van der Waals surface area contributed by atoms with Gasteiger partial charge in [0, 0.05) is 37.6 Å². The van der Waals surface area contributed by atoms with Gasteiger partial charge in [0.2, 0.25) is 5.95 Å². The molecule has 1 aliphatic heterocycles. The Morgan fingerprint density at radius 2 is 1.21 bits per heavy atom. The number of nitrogens with zero attached hydrogens (tertiary/aromatic N) is 3. The summed E-state index contributed by atoms with van der Waals surface area (Å²) in [4.78, 5) is 10.3. The molecule has 1 unspecified atom stereocenters. The van der Waals surface area contributed by atoms with Crippen molar-refractivity contribution in [3.05, 3.63) is 146 Å². The van der Waals surface area contributed by atoms with Gasteiger partial charge < -0.3 is 4.57 Å². The average Bonchev–Trinajstić information content (AvgIpc) is 3.55. The van der Waals surface area contributed by atoms with Gasteiger partial charge in [-0.25, -0.2) is 9.97 Å². The van der Waals surface area contributed by atoms with Crippen molar-refractivity contribution in [3.63, 3.8) is 0 Å². The molecule has 0 saturated carbocycles. The van der Waals surface area contributed by atoms with E-state index in [-0.39, 0.29) is 0 Å². The highest BCUT2D eigenvalue weighted by atomic mass is 31.2. The number of para-hydroxylation sites is 2. The monoisotopic (exact) mass is 569 g/mol. The van der Waals surface area contributed by atoms with E-state index >= 15 is 4.57 Å². The molecule has 0 fully saturated rings. The highest BCUT2D eigenvalue weighted by molar-refractivity contribution is 7.86. The Balaban J connectivity index is 1.43. The fraction of sp³-hybridized carbons (Fsp3) is 0. The maximum atomic E-state index is 15.6. The summed E-state index contributed by atoms with van der Waals surface area (Å²) >= 11 is 0. The van der Waals surface area contributed by atoms with Crippen molar-refractivity contribution >= 4 is 55.8 Å². The molecule has 1 aliphatic rings. The zero-order valence-corrected chi connectivity index (χ0v) is 23.9. The molecule has 1 atom stereocenters. The first-order valence-electron chi connectivity index (χ1n) is 14.4. The molecule has 8 aromatic rings. The molecule has 2 aromatic heterocycles. The van der Waals surface area contributed by atoms with E-state index in [1.54, 1.807) is 0 Å². The summed E-state index contributed by atoms with van der Waals surface area (Å²) in [6, 6.07) is 49.1. The smallest absolute Gasteiger partial charge is 0.235 e. The summed E-state index contributed by atoms with van der Waals surface area (Å²) in [6.07, 6.45) is 0. The minimum atomic E-state index is -3.18. The number of hydrogen-bond donors (Lipinski definition) is 0. The second-order valence-corrected chi connectivity index (χ2v) is 13.6. The van der Waals surface area contributed by atoms with Crippen LogP contribution in [-0.4, -0.2) is 14.5 Å². The van der Waals surface area contributed by atoms with Crippen molar-refractivity contribution in [1.82, 2.24) is 14.5 Å². The van der Waals surface area contributed by atoms with Gasteiger partial charge >= 0.3 is 0 Å². The third kappa shape index (κ3) is 3.36. The van der Waals surface area contributed by atoms with Crippen molar-refractivity contribution < 1.29 is 4.57 Å². The van der Waals surface area contributed by atoms with Crippen molar-refractivity contribution in [2.24, 2.45) is 0 Å². The molecule has 43 heavy (non-hydrogen) atoms. The van der Waals surface area contributed by atoms with E-state index < -0.39 is 7.14 Å². The Labute approximate surface area is 248 Å². The third-order valence-electron chi connectivity index (χ3n) is 8.62. The van der Waals surface area contributed by atoms with Crippen LogP contribution in [0.3, 0.4) is 0 Å². The molecule has 0 radical (unpaired) electrons. The van der Waals surface area contributed by atoms with Crippen molar-refractivity contribution in [1.29, 1.82) is 0 Å². The molecule has 4 nitrogen and oxygen atoms in total. The van der Waals surface area contributed by atoms with Gasteiger partial charge in [-0.05, 0) is 29.3 Å². The molecule has 0 aliphatic carbocycles. The van der Waals surface area contributed by atoms with Crippen LogP contribution >= 0.6 is 7.14 Å². The molecule has 3 heterocycles. The lowest BCUT2D eigenvalue weighted by atomic mass is 10.0. The van der Waals surface area contributed by atoms with E-state index in [1.165, 1.54) is 0 Å². The van der Waals surface area contributed by atoms with Gasteiger partial charge in [0.15, 0.2) is 7.14 Å². The fourth-order valence-corrected chi connectivity index (χ4v) is 10.1. The van der Waals surface area contributed by atoms with Crippen LogP contribution in [0.4, 0.5) is 0 Å². The third-order valence-corrected chi connectivity index (χ3v) is 11.8. The maximum Gasteiger partial charge on any atom is 0.235 e. The predicted octanol–water partition coefficient (Wildman–Crippen LogP) is 8.01. The predicted molar refractivity (Wildman–Crippen MR) is 178 cm³/mol. The molecule has 202 valence electrons. The van der Waals surface area contributed by atoms with Gasteiger partial charge in [-0.2, -0.15) is 0 Å². The molecule has 9 rings (SSSR count). The first-order chi connectivity index (χ1) is 21.2. The topological polar surface area (TPSA) is 47.8 Å². The molecule has 0 amide bonds. The van der Waals surface area contributed by atoms with E-state index in [2.05, 4.69) is 59.2 Å². The number of aromatic nitrogens is 3. The summed E-state index contributed by atoms with van der Waals surface area (Å²) in [5.74, 6) is 0.591. The Morgan fingerprint density at radius 3 is 2.05 bits per heavy atom. The van der Waals surface area contributed by atoms with Crippen LogP contribution in [0, 0.1) is 0 Å². The highest BCUT2D eigenvalue weighted by Crippen LogP contribution is 2.55. The normalized spacial score (nSPS) is 15.6. The Bertz CT molecular complexity index is 2430. The second-order valence-electron chi connectivity index (χ2n) is 10.9. The van der Waals surface area contributed by atoms with E-state index in [4.69, 9.17) is 9.97 Å². The van der Waals surface area contributed by atoms with Crippen LogP contribution in [0.25, 0.3) is 61.0 Å². The number of fused-ring (bicyclic) bond motifs is 8. The van der Waals surface area contributed by atoms with Gasteiger partial charge in [-0.1, -0.05) is 127 Å². The molecule has 0 N–H and O–H groups in total. The van der Waals surface area contributed by atoms with Crippen LogP contribution in [0.1, 0.15) is 0 Å². The van der Waals surface area contributed by atoms with Gasteiger partial charge in [0.25, 0.3) is 0 Å². The molecule has 5 heteroatoms. The average molecular weight is 570 g/mol. The number of benzene rings is 6. The largest absolute Gasteiger partial charge is 0.309 e. The van der Waals surface area contributed by atoms with Gasteiger partial charge in [-0.15, -0.1) is 0 Å². The quantitative estimate of drug-likeness (QED) is 0.203.